The Bertz CT molecular complexity index is 704. The van der Waals surface area contributed by atoms with Gasteiger partial charge in [0.25, 0.3) is 0 Å². The van der Waals surface area contributed by atoms with Gasteiger partial charge in [-0.1, -0.05) is 6.07 Å². The summed E-state index contributed by atoms with van der Waals surface area (Å²) in [6.07, 6.45) is 1.09. The molecule has 1 aromatic carbocycles. The van der Waals surface area contributed by atoms with Gasteiger partial charge < -0.3 is 14.8 Å². The molecule has 1 aliphatic heterocycles. The highest BCUT2D eigenvalue weighted by Crippen LogP contribution is 2.25. The minimum Gasteiger partial charge on any atom is -0.497 e. The zero-order valence-corrected chi connectivity index (χ0v) is 16.3. The fourth-order valence-electron chi connectivity index (χ4n) is 2.87. The Morgan fingerprint density at radius 3 is 2.69 bits per heavy atom. The number of hydrogen-bond acceptors (Lipinski definition) is 6. The first-order valence-electron chi connectivity index (χ1n) is 8.54. The molecule has 0 spiro atoms. The van der Waals surface area contributed by atoms with Crippen molar-refractivity contribution < 1.29 is 22.7 Å². The van der Waals surface area contributed by atoms with Crippen LogP contribution in [0.1, 0.15) is 6.92 Å². The van der Waals surface area contributed by atoms with Gasteiger partial charge in [0.1, 0.15) is 11.8 Å². The lowest BCUT2D eigenvalue weighted by Crippen LogP contribution is -2.49. The second kappa shape index (κ2) is 9.20. The Hall–Kier alpha value is -1.84. The third-order valence-electron chi connectivity index (χ3n) is 4.23. The van der Waals surface area contributed by atoms with Crippen molar-refractivity contribution in [1.82, 2.24) is 10.2 Å². The van der Waals surface area contributed by atoms with Crippen LogP contribution in [-0.4, -0.2) is 78.0 Å². The average Bonchev–Trinajstić information content (AvgIpc) is 2.61. The van der Waals surface area contributed by atoms with Crippen molar-refractivity contribution in [2.45, 2.75) is 13.0 Å². The summed E-state index contributed by atoms with van der Waals surface area (Å²) in [6.45, 7) is 5.81. The number of carbonyl (C=O) groups is 1. The van der Waals surface area contributed by atoms with E-state index in [9.17, 15) is 13.2 Å². The Balaban J connectivity index is 2.03. The summed E-state index contributed by atoms with van der Waals surface area (Å²) in [7, 11) is -2.14. The fourth-order valence-corrected chi connectivity index (χ4v) is 4.03. The van der Waals surface area contributed by atoms with E-state index in [-0.39, 0.29) is 5.91 Å². The first kappa shape index (κ1) is 20.5. The lowest BCUT2D eigenvalue weighted by molar-refractivity contribution is -0.121. The minimum atomic E-state index is -3.64. The van der Waals surface area contributed by atoms with Gasteiger partial charge in [-0.15, -0.1) is 0 Å². The van der Waals surface area contributed by atoms with Gasteiger partial charge in [0.2, 0.25) is 15.9 Å². The van der Waals surface area contributed by atoms with Gasteiger partial charge in [0.05, 0.1) is 32.3 Å². The van der Waals surface area contributed by atoms with Crippen LogP contribution >= 0.6 is 0 Å². The van der Waals surface area contributed by atoms with Crippen molar-refractivity contribution in [1.29, 1.82) is 0 Å². The number of sulfonamides is 1. The Morgan fingerprint density at radius 2 is 2.08 bits per heavy atom. The molecule has 1 heterocycles. The maximum Gasteiger partial charge on any atom is 0.243 e. The van der Waals surface area contributed by atoms with Gasteiger partial charge in [-0.25, -0.2) is 8.42 Å². The van der Waals surface area contributed by atoms with Crippen molar-refractivity contribution >= 4 is 21.6 Å². The summed E-state index contributed by atoms with van der Waals surface area (Å²) in [5.74, 6) is 0.183. The molecule has 0 bridgehead atoms. The highest BCUT2D eigenvalue weighted by atomic mass is 32.2. The number of rotatable bonds is 8. The highest BCUT2D eigenvalue weighted by molar-refractivity contribution is 7.92. The molecule has 1 aliphatic rings. The second-order valence-electron chi connectivity index (χ2n) is 6.18. The number of carbonyl (C=O) groups excluding carboxylic acids is 1. The molecule has 1 aromatic rings. The van der Waals surface area contributed by atoms with Crippen molar-refractivity contribution in [3.63, 3.8) is 0 Å². The van der Waals surface area contributed by atoms with Crippen molar-refractivity contribution in [2.75, 3.05) is 57.1 Å². The van der Waals surface area contributed by atoms with E-state index in [0.717, 1.165) is 23.7 Å². The van der Waals surface area contributed by atoms with Crippen LogP contribution < -0.4 is 14.4 Å². The van der Waals surface area contributed by atoms with E-state index >= 15 is 0 Å². The van der Waals surface area contributed by atoms with Gasteiger partial charge in [0.15, 0.2) is 0 Å². The van der Waals surface area contributed by atoms with Gasteiger partial charge in [-0.05, 0) is 19.1 Å². The topological polar surface area (TPSA) is 88.2 Å². The Kier molecular flexibility index (Phi) is 7.24. The van der Waals surface area contributed by atoms with Crippen LogP contribution in [0.4, 0.5) is 5.69 Å². The number of benzene rings is 1. The first-order valence-corrected chi connectivity index (χ1v) is 10.4. The quantitative estimate of drug-likeness (QED) is 0.692. The molecule has 0 radical (unpaired) electrons. The summed E-state index contributed by atoms with van der Waals surface area (Å²) in [5.41, 5.74) is 0.391. The summed E-state index contributed by atoms with van der Waals surface area (Å²) >= 11 is 0. The second-order valence-corrected chi connectivity index (χ2v) is 8.04. The first-order chi connectivity index (χ1) is 12.3. The van der Waals surface area contributed by atoms with E-state index in [0.29, 0.717) is 37.7 Å². The molecule has 9 heteroatoms. The summed E-state index contributed by atoms with van der Waals surface area (Å²) in [5, 5.41) is 2.82. The third-order valence-corrected chi connectivity index (χ3v) is 5.47. The van der Waals surface area contributed by atoms with Crippen molar-refractivity contribution in [3.05, 3.63) is 24.3 Å². The highest BCUT2D eigenvalue weighted by Gasteiger charge is 2.29. The summed E-state index contributed by atoms with van der Waals surface area (Å²) in [4.78, 5) is 14.7. The van der Waals surface area contributed by atoms with Gasteiger partial charge in [-0.3, -0.25) is 14.0 Å². The van der Waals surface area contributed by atoms with Crippen LogP contribution in [0.2, 0.25) is 0 Å². The van der Waals surface area contributed by atoms with Crippen LogP contribution in [-0.2, 0) is 19.6 Å². The summed E-state index contributed by atoms with van der Waals surface area (Å²) in [6, 6.07) is 5.77. The molecular formula is C17H27N3O5S. The molecule has 1 saturated heterocycles. The number of ether oxygens (including phenoxy) is 2. The zero-order valence-electron chi connectivity index (χ0n) is 15.5. The number of morpholine rings is 1. The van der Waals surface area contributed by atoms with Crippen LogP contribution in [0.25, 0.3) is 0 Å². The molecule has 2 rings (SSSR count). The Morgan fingerprint density at radius 1 is 1.38 bits per heavy atom. The number of hydrogen-bond donors (Lipinski definition) is 1. The number of anilines is 1. The van der Waals surface area contributed by atoms with Gasteiger partial charge >= 0.3 is 0 Å². The number of methoxy groups -OCH3 is 1. The van der Waals surface area contributed by atoms with Crippen LogP contribution in [0.5, 0.6) is 5.75 Å². The number of nitrogens with one attached hydrogen (secondary N) is 1. The predicted molar refractivity (Wildman–Crippen MR) is 100 cm³/mol. The molecule has 1 atom stereocenters. The normalized spacial score (nSPS) is 16.7. The predicted octanol–water partition coefficient (Wildman–Crippen LogP) is 0.298. The molecule has 1 fully saturated rings. The zero-order chi connectivity index (χ0) is 19.2. The van der Waals surface area contributed by atoms with Crippen LogP contribution in [0.3, 0.4) is 0 Å². The molecule has 0 saturated carbocycles. The molecule has 8 nitrogen and oxygen atoms in total. The van der Waals surface area contributed by atoms with Crippen molar-refractivity contribution in [2.24, 2.45) is 0 Å². The smallest absolute Gasteiger partial charge is 0.243 e. The SMILES string of the molecule is COc1cccc(N(C(C)C(=O)NCCN2CCOCC2)S(C)(=O)=O)c1. The maximum atomic E-state index is 12.5. The lowest BCUT2D eigenvalue weighted by Gasteiger charge is -2.29. The van der Waals surface area contributed by atoms with Gasteiger partial charge in [0, 0.05) is 32.2 Å². The average molecular weight is 385 g/mol. The standard InChI is InChI=1S/C17H27N3O5S/c1-14(17(21)18-7-8-19-9-11-25-12-10-19)20(26(3,22)23)15-5-4-6-16(13-15)24-2/h4-6,13-14H,7-12H2,1-3H3,(H,18,21). The van der Waals surface area contributed by atoms with E-state index < -0.39 is 16.1 Å². The van der Waals surface area contributed by atoms with E-state index in [1.807, 2.05) is 0 Å². The summed E-state index contributed by atoms with van der Waals surface area (Å²) < 4.78 is 36.1. The van der Waals surface area contributed by atoms with Crippen LogP contribution in [0, 0.1) is 0 Å². The third kappa shape index (κ3) is 5.58. The van der Waals surface area contributed by atoms with E-state index in [1.165, 1.54) is 7.11 Å². The Labute approximate surface area is 155 Å². The van der Waals surface area contributed by atoms with Gasteiger partial charge in [-0.2, -0.15) is 0 Å². The molecule has 1 amide bonds. The minimum absolute atomic E-state index is 0.341. The van der Waals surface area contributed by atoms with Crippen molar-refractivity contribution in [3.8, 4) is 5.75 Å². The fraction of sp³-hybridized carbons (Fsp3) is 0.588. The van der Waals surface area contributed by atoms with E-state index in [2.05, 4.69) is 10.2 Å². The monoisotopic (exact) mass is 385 g/mol. The lowest BCUT2D eigenvalue weighted by atomic mass is 10.2. The van der Waals surface area contributed by atoms with E-state index in [1.54, 1.807) is 31.2 Å². The molecular weight excluding hydrogens is 358 g/mol. The molecule has 146 valence electrons. The molecule has 26 heavy (non-hydrogen) atoms. The molecule has 1 unspecified atom stereocenters. The molecule has 0 aliphatic carbocycles. The molecule has 0 aromatic heterocycles. The van der Waals surface area contributed by atoms with E-state index in [4.69, 9.17) is 9.47 Å². The largest absolute Gasteiger partial charge is 0.497 e. The van der Waals surface area contributed by atoms with Crippen LogP contribution in [0.15, 0.2) is 24.3 Å². The number of amides is 1. The molecule has 1 N–H and O–H groups in total. The number of nitrogens with zero attached hydrogens (tertiary/aromatic N) is 2. The maximum absolute atomic E-state index is 12.5.